The van der Waals surface area contributed by atoms with Crippen LogP contribution in [0.15, 0.2) is 54.6 Å². The first-order valence-corrected chi connectivity index (χ1v) is 9.19. The van der Waals surface area contributed by atoms with Gasteiger partial charge in [0.1, 0.15) is 0 Å². The molecule has 122 valence electrons. The van der Waals surface area contributed by atoms with Crippen molar-refractivity contribution in [1.29, 1.82) is 0 Å². The molecule has 4 nitrogen and oxygen atoms in total. The molecule has 0 saturated carbocycles. The van der Waals surface area contributed by atoms with E-state index in [0.29, 0.717) is 24.3 Å². The smallest absolute Gasteiger partial charge is 0.255 e. The van der Waals surface area contributed by atoms with Crippen LogP contribution in [0.3, 0.4) is 0 Å². The number of rotatable bonds is 7. The number of hydrogen-bond acceptors (Lipinski definition) is 4. The van der Waals surface area contributed by atoms with Crippen LogP contribution in [0.1, 0.15) is 35.3 Å². The Kier molecular flexibility index (Phi) is 6.31. The first kappa shape index (κ1) is 17.6. The first-order valence-electron chi connectivity index (χ1n) is 7.54. The highest BCUT2D eigenvalue weighted by atomic mass is 31.2. The Bertz CT molecular complexity index is 683. The molecule has 0 atom stereocenters. The SMILES string of the molecule is CCOP(O)(=Cc1ccc(C(=O)c2ccccc2)cc1)OCC. The average molecular weight is 332 g/mol. The van der Waals surface area contributed by atoms with E-state index in [1.807, 2.05) is 18.2 Å². The minimum Gasteiger partial charge on any atom is -0.333 e. The van der Waals surface area contributed by atoms with Crippen LogP contribution < -0.4 is 0 Å². The number of carbonyl (C=O) groups is 1. The van der Waals surface area contributed by atoms with Gasteiger partial charge in [0.05, 0.1) is 13.2 Å². The third kappa shape index (κ3) is 4.88. The fourth-order valence-corrected chi connectivity index (χ4v) is 3.66. The molecule has 2 aromatic rings. The molecule has 0 aliphatic rings. The van der Waals surface area contributed by atoms with Crippen LogP contribution in [0.5, 0.6) is 0 Å². The second kappa shape index (κ2) is 8.23. The molecular formula is C18H21O4P. The predicted octanol–water partition coefficient (Wildman–Crippen LogP) is 3.90. The third-order valence-corrected chi connectivity index (χ3v) is 5.03. The molecule has 23 heavy (non-hydrogen) atoms. The van der Waals surface area contributed by atoms with Crippen molar-refractivity contribution in [2.75, 3.05) is 13.2 Å². The Morgan fingerprint density at radius 3 is 2.00 bits per heavy atom. The standard InChI is InChI=1S/C18H21O4P/c1-3-21-23(20,22-4-2)14-15-10-12-17(13-11-15)18(19)16-8-6-5-7-9-16/h5-14,20H,3-4H2,1-2H3. The van der Waals surface area contributed by atoms with Gasteiger partial charge in [-0.05, 0) is 19.4 Å². The van der Waals surface area contributed by atoms with Gasteiger partial charge in [-0.2, -0.15) is 0 Å². The molecule has 0 spiro atoms. The van der Waals surface area contributed by atoms with Gasteiger partial charge >= 0.3 is 0 Å². The van der Waals surface area contributed by atoms with Gasteiger partial charge in [-0.15, -0.1) is 0 Å². The van der Waals surface area contributed by atoms with E-state index in [4.69, 9.17) is 9.05 Å². The van der Waals surface area contributed by atoms with Crippen molar-refractivity contribution in [3.8, 4) is 0 Å². The van der Waals surface area contributed by atoms with E-state index < -0.39 is 7.57 Å². The molecule has 2 rings (SSSR count). The summed E-state index contributed by atoms with van der Waals surface area (Å²) in [5.74, 6) is 1.56. The summed E-state index contributed by atoms with van der Waals surface area (Å²) in [5.41, 5.74) is 2.01. The van der Waals surface area contributed by atoms with E-state index in [0.717, 1.165) is 5.56 Å². The maximum atomic E-state index is 12.3. The maximum Gasteiger partial charge on any atom is 0.255 e. The molecule has 0 unspecified atom stereocenters. The second-order valence-electron chi connectivity index (χ2n) is 4.85. The van der Waals surface area contributed by atoms with Crippen LogP contribution in [0.4, 0.5) is 0 Å². The maximum absolute atomic E-state index is 12.3. The summed E-state index contributed by atoms with van der Waals surface area (Å²) in [6, 6.07) is 16.2. The van der Waals surface area contributed by atoms with Gasteiger partial charge in [-0.3, -0.25) is 4.79 Å². The number of carbonyl (C=O) groups excluding carboxylic acids is 1. The second-order valence-corrected chi connectivity index (χ2v) is 6.75. The summed E-state index contributed by atoms with van der Waals surface area (Å²) in [6.45, 7) is 4.34. The summed E-state index contributed by atoms with van der Waals surface area (Å²) >= 11 is 0. The molecule has 0 bridgehead atoms. The summed E-state index contributed by atoms with van der Waals surface area (Å²) in [6.07, 6.45) is 0. The lowest BCUT2D eigenvalue weighted by atomic mass is 10.0. The Hall–Kier alpha value is -1.71. The minimum absolute atomic E-state index is 0.0307. The van der Waals surface area contributed by atoms with Crippen LogP contribution in [0.2, 0.25) is 0 Å². The van der Waals surface area contributed by atoms with Gasteiger partial charge in [0, 0.05) is 16.9 Å². The Balaban J connectivity index is 2.24. The largest absolute Gasteiger partial charge is 0.333 e. The van der Waals surface area contributed by atoms with Crippen molar-refractivity contribution in [2.45, 2.75) is 13.8 Å². The van der Waals surface area contributed by atoms with E-state index in [1.165, 1.54) is 0 Å². The van der Waals surface area contributed by atoms with Gasteiger partial charge in [0.25, 0.3) is 7.57 Å². The van der Waals surface area contributed by atoms with E-state index in [-0.39, 0.29) is 5.78 Å². The summed E-state index contributed by atoms with van der Waals surface area (Å²) < 4.78 is 10.7. The molecule has 1 N–H and O–H groups in total. The topological polar surface area (TPSA) is 55.8 Å². The number of benzene rings is 2. The van der Waals surface area contributed by atoms with Crippen LogP contribution in [0.25, 0.3) is 0 Å². The predicted molar refractivity (Wildman–Crippen MR) is 93.9 cm³/mol. The zero-order valence-electron chi connectivity index (χ0n) is 13.3. The molecule has 0 aromatic heterocycles. The summed E-state index contributed by atoms with van der Waals surface area (Å²) in [5, 5.41) is 0. The van der Waals surface area contributed by atoms with Crippen molar-refractivity contribution >= 4 is 19.1 Å². The minimum atomic E-state index is -3.00. The molecule has 5 heteroatoms. The van der Waals surface area contributed by atoms with Gasteiger partial charge < -0.3 is 13.9 Å². The fourth-order valence-electron chi connectivity index (χ4n) is 2.15. The summed E-state index contributed by atoms with van der Waals surface area (Å²) in [4.78, 5) is 22.7. The van der Waals surface area contributed by atoms with Crippen LogP contribution in [-0.4, -0.2) is 29.7 Å². The molecule has 0 radical (unpaired) electrons. The molecule has 0 fully saturated rings. The Morgan fingerprint density at radius 2 is 1.48 bits per heavy atom. The lowest BCUT2D eigenvalue weighted by Gasteiger charge is -2.18. The van der Waals surface area contributed by atoms with E-state index in [1.54, 1.807) is 56.0 Å². The monoisotopic (exact) mass is 332 g/mol. The highest BCUT2D eigenvalue weighted by Crippen LogP contribution is 2.45. The Morgan fingerprint density at radius 1 is 0.957 bits per heavy atom. The molecule has 0 aliphatic carbocycles. The van der Waals surface area contributed by atoms with Crippen LogP contribution >= 0.6 is 7.57 Å². The first-order chi connectivity index (χ1) is 11.1. The van der Waals surface area contributed by atoms with Gasteiger partial charge in [0.2, 0.25) is 0 Å². The molecule has 0 amide bonds. The molecule has 0 saturated heterocycles. The molecule has 0 aliphatic heterocycles. The van der Waals surface area contributed by atoms with Gasteiger partial charge in [0.15, 0.2) is 5.78 Å². The zero-order chi connectivity index (χ0) is 16.7. The highest BCUT2D eigenvalue weighted by Gasteiger charge is 2.14. The number of hydrogen-bond donors (Lipinski definition) is 1. The van der Waals surface area contributed by atoms with Gasteiger partial charge in [-0.1, -0.05) is 54.6 Å². The Labute approximate surface area is 136 Å². The normalized spacial score (nSPS) is 11.3. The van der Waals surface area contributed by atoms with Crippen molar-refractivity contribution in [3.05, 3.63) is 71.3 Å². The van der Waals surface area contributed by atoms with Gasteiger partial charge in [-0.25, -0.2) is 0 Å². The molecule has 2 aromatic carbocycles. The zero-order valence-corrected chi connectivity index (χ0v) is 14.2. The van der Waals surface area contributed by atoms with E-state index in [2.05, 4.69) is 0 Å². The van der Waals surface area contributed by atoms with E-state index >= 15 is 0 Å². The van der Waals surface area contributed by atoms with E-state index in [9.17, 15) is 9.69 Å². The van der Waals surface area contributed by atoms with Crippen molar-refractivity contribution in [1.82, 2.24) is 0 Å². The highest BCUT2D eigenvalue weighted by molar-refractivity contribution is 7.60. The van der Waals surface area contributed by atoms with Crippen LogP contribution in [0, 0.1) is 0 Å². The average Bonchev–Trinajstić information content (AvgIpc) is 2.56. The molecular weight excluding hydrogens is 311 g/mol. The van der Waals surface area contributed by atoms with Crippen molar-refractivity contribution < 1.29 is 18.7 Å². The fraction of sp³-hybridized carbons (Fsp3) is 0.222. The van der Waals surface area contributed by atoms with Crippen molar-refractivity contribution in [3.63, 3.8) is 0 Å². The lowest BCUT2D eigenvalue weighted by Crippen LogP contribution is -2.02. The summed E-state index contributed by atoms with van der Waals surface area (Å²) in [7, 11) is -3.00. The van der Waals surface area contributed by atoms with Crippen molar-refractivity contribution in [2.24, 2.45) is 0 Å². The molecule has 0 heterocycles. The third-order valence-electron chi connectivity index (χ3n) is 3.15. The quantitative estimate of drug-likeness (QED) is 0.617. The lowest BCUT2D eigenvalue weighted by molar-refractivity contribution is 0.103. The number of ketones is 1. The van der Waals surface area contributed by atoms with Crippen LogP contribution in [-0.2, 0) is 9.05 Å².